The Kier molecular flexibility index (Phi) is 10.9. The number of hydrogen-bond donors (Lipinski definition) is 2. The van der Waals surface area contributed by atoms with Crippen LogP contribution in [0.2, 0.25) is 0 Å². The van der Waals surface area contributed by atoms with Crippen LogP contribution in [0.5, 0.6) is 0 Å². The maximum Gasteiger partial charge on any atom is 0.406 e. The van der Waals surface area contributed by atoms with E-state index in [0.29, 0.717) is 23.9 Å². The summed E-state index contributed by atoms with van der Waals surface area (Å²) in [7, 11) is 1.12. The van der Waals surface area contributed by atoms with Gasteiger partial charge in [0.05, 0.1) is 0 Å². The van der Waals surface area contributed by atoms with Gasteiger partial charge in [0.25, 0.3) is 0 Å². The van der Waals surface area contributed by atoms with Crippen LogP contribution in [0.25, 0.3) is 0 Å². The van der Waals surface area contributed by atoms with E-state index in [2.05, 4.69) is 15.6 Å². The number of nitrogens with one attached hydrogen (secondary N) is 2. The third-order valence-electron chi connectivity index (χ3n) is 2.63. The summed E-state index contributed by atoms with van der Waals surface area (Å²) >= 11 is 1.78. The molecule has 0 aromatic heterocycles. The molecule has 0 spiro atoms. The summed E-state index contributed by atoms with van der Waals surface area (Å²) in [5.74, 6) is 0.855. The van der Waals surface area contributed by atoms with Gasteiger partial charge in [-0.15, -0.1) is 0 Å². The zero-order chi connectivity index (χ0) is 17.0. The van der Waals surface area contributed by atoms with Gasteiger partial charge in [0.15, 0.2) is 5.96 Å². The van der Waals surface area contributed by atoms with Gasteiger partial charge in [-0.05, 0) is 31.8 Å². The molecule has 0 saturated heterocycles. The second kappa shape index (κ2) is 11.4. The lowest BCUT2D eigenvalue weighted by molar-refractivity contribution is -0.157. The number of aliphatic imine (C=N–C) groups is 1. The number of nitrogens with zero attached hydrogens (tertiary/aromatic N) is 2. The molecule has 0 aliphatic carbocycles. The number of likely N-dealkylation sites (N-methyl/N-ethyl adjacent to an activating group) is 1. The van der Waals surface area contributed by atoms with Crippen LogP contribution in [0.4, 0.5) is 13.2 Å². The summed E-state index contributed by atoms with van der Waals surface area (Å²) in [6, 6.07) is 0. The Morgan fingerprint density at radius 1 is 1.27 bits per heavy atom. The Morgan fingerprint density at radius 3 is 2.50 bits per heavy atom. The smallest absolute Gasteiger partial charge is 0.357 e. The molecule has 1 amide bonds. The zero-order valence-electron chi connectivity index (χ0n) is 13.3. The minimum atomic E-state index is -4.39. The van der Waals surface area contributed by atoms with Crippen molar-refractivity contribution in [2.75, 3.05) is 45.2 Å². The van der Waals surface area contributed by atoms with Crippen molar-refractivity contribution in [3.05, 3.63) is 0 Å². The van der Waals surface area contributed by atoms with Gasteiger partial charge in [-0.2, -0.15) is 24.9 Å². The van der Waals surface area contributed by atoms with Gasteiger partial charge in [0, 0.05) is 20.1 Å². The quantitative estimate of drug-likeness (QED) is 0.380. The van der Waals surface area contributed by atoms with E-state index in [1.165, 1.54) is 0 Å². The Labute approximate surface area is 134 Å². The normalized spacial score (nSPS) is 12.2. The summed E-state index contributed by atoms with van der Waals surface area (Å²) < 4.78 is 36.6. The molecule has 5 nitrogen and oxygen atoms in total. The van der Waals surface area contributed by atoms with Crippen molar-refractivity contribution < 1.29 is 18.0 Å². The lowest BCUT2D eigenvalue weighted by Gasteiger charge is -2.18. The molecule has 0 heterocycles. The molecule has 0 atom stereocenters. The highest BCUT2D eigenvalue weighted by Crippen LogP contribution is 2.15. The van der Waals surface area contributed by atoms with Crippen molar-refractivity contribution in [3.63, 3.8) is 0 Å². The molecule has 22 heavy (non-hydrogen) atoms. The van der Waals surface area contributed by atoms with Crippen LogP contribution in [0, 0.1) is 0 Å². The summed E-state index contributed by atoms with van der Waals surface area (Å²) in [6.45, 7) is 1.62. The van der Waals surface area contributed by atoms with Gasteiger partial charge < -0.3 is 15.5 Å². The topological polar surface area (TPSA) is 56.7 Å². The van der Waals surface area contributed by atoms with E-state index >= 15 is 0 Å². The highest BCUT2D eigenvalue weighted by Gasteiger charge is 2.30. The number of carbonyl (C=O) groups excluding carboxylic acids is 1. The van der Waals surface area contributed by atoms with Crippen LogP contribution in [-0.4, -0.2) is 68.2 Å². The van der Waals surface area contributed by atoms with Gasteiger partial charge >= 0.3 is 6.18 Å². The first-order chi connectivity index (χ1) is 10.3. The van der Waals surface area contributed by atoms with Gasteiger partial charge in [-0.1, -0.05) is 0 Å². The second-order valence-corrected chi connectivity index (χ2v) is 5.67. The third kappa shape index (κ3) is 11.5. The largest absolute Gasteiger partial charge is 0.406 e. The maximum atomic E-state index is 12.2. The highest BCUT2D eigenvalue weighted by atomic mass is 32.2. The van der Waals surface area contributed by atoms with Crippen LogP contribution in [-0.2, 0) is 4.79 Å². The minimum Gasteiger partial charge on any atom is -0.357 e. The predicted molar refractivity (Wildman–Crippen MR) is 85.3 cm³/mol. The van der Waals surface area contributed by atoms with Crippen LogP contribution in [0.1, 0.15) is 19.8 Å². The van der Waals surface area contributed by atoms with Crippen LogP contribution in [0.15, 0.2) is 4.99 Å². The van der Waals surface area contributed by atoms with E-state index in [0.717, 1.165) is 25.6 Å². The van der Waals surface area contributed by atoms with Crippen molar-refractivity contribution in [3.8, 4) is 0 Å². The van der Waals surface area contributed by atoms with E-state index < -0.39 is 18.6 Å². The number of alkyl halides is 3. The van der Waals surface area contributed by atoms with Gasteiger partial charge in [-0.3, -0.25) is 4.79 Å². The molecule has 9 heteroatoms. The van der Waals surface area contributed by atoms with Crippen molar-refractivity contribution in [1.29, 1.82) is 0 Å². The molecule has 0 unspecified atom stereocenters. The Bertz CT molecular complexity index is 351. The van der Waals surface area contributed by atoms with Crippen LogP contribution in [0.3, 0.4) is 0 Å². The molecule has 0 aliphatic heterocycles. The number of hydrogen-bond acceptors (Lipinski definition) is 3. The molecular weight excluding hydrogens is 317 g/mol. The highest BCUT2D eigenvalue weighted by molar-refractivity contribution is 7.98. The fourth-order valence-corrected chi connectivity index (χ4v) is 2.04. The van der Waals surface area contributed by atoms with Gasteiger partial charge in [0.2, 0.25) is 5.91 Å². The first kappa shape index (κ1) is 20.9. The van der Waals surface area contributed by atoms with Crippen molar-refractivity contribution in [2.45, 2.75) is 25.9 Å². The van der Waals surface area contributed by atoms with Crippen molar-refractivity contribution in [1.82, 2.24) is 15.5 Å². The van der Waals surface area contributed by atoms with E-state index in [4.69, 9.17) is 0 Å². The average molecular weight is 342 g/mol. The van der Waals surface area contributed by atoms with E-state index in [1.807, 2.05) is 13.2 Å². The fraction of sp³-hybridized carbons (Fsp3) is 0.846. The molecule has 130 valence electrons. The molecule has 0 fully saturated rings. The average Bonchev–Trinajstić information content (AvgIpc) is 2.42. The van der Waals surface area contributed by atoms with Crippen LogP contribution < -0.4 is 10.6 Å². The predicted octanol–water partition coefficient (Wildman–Crippen LogP) is 1.71. The summed E-state index contributed by atoms with van der Waals surface area (Å²) in [5, 5.41) is 6.02. The van der Waals surface area contributed by atoms with E-state index in [9.17, 15) is 18.0 Å². The Hall–Kier alpha value is -1.12. The van der Waals surface area contributed by atoms with Crippen LogP contribution >= 0.6 is 11.8 Å². The molecule has 0 aliphatic rings. The zero-order valence-corrected chi connectivity index (χ0v) is 14.1. The molecule has 0 saturated carbocycles. The lowest BCUT2D eigenvalue weighted by atomic mass is 10.3. The monoisotopic (exact) mass is 342 g/mol. The number of carbonyl (C=O) groups is 1. The third-order valence-corrected chi connectivity index (χ3v) is 3.32. The summed E-state index contributed by atoms with van der Waals surface area (Å²) in [4.78, 5) is 16.2. The standard InChI is InChI=1S/C13H25F3N4OS/c1-4-17-12(18-7-5-6-8-22-3)19-9-11(21)20(2)10-13(14,15)16/h4-10H2,1-3H3,(H2,17,18,19). The Morgan fingerprint density at radius 2 is 1.95 bits per heavy atom. The van der Waals surface area contributed by atoms with Crippen molar-refractivity contribution in [2.24, 2.45) is 4.99 Å². The maximum absolute atomic E-state index is 12.2. The van der Waals surface area contributed by atoms with E-state index in [-0.39, 0.29) is 6.54 Å². The number of amides is 1. The lowest BCUT2D eigenvalue weighted by Crippen LogP contribution is -2.40. The molecule has 2 N–H and O–H groups in total. The first-order valence-electron chi connectivity index (χ1n) is 7.12. The number of halogens is 3. The van der Waals surface area contributed by atoms with Crippen molar-refractivity contribution >= 4 is 23.6 Å². The number of rotatable bonds is 9. The minimum absolute atomic E-state index is 0.313. The molecule has 0 bridgehead atoms. The molecule has 0 aromatic rings. The number of unbranched alkanes of at least 4 members (excludes halogenated alkanes) is 1. The molecular formula is C13H25F3N4OS. The summed E-state index contributed by atoms with van der Waals surface area (Å²) in [6.07, 6.45) is -0.315. The molecule has 0 aromatic carbocycles. The first-order valence-corrected chi connectivity index (χ1v) is 8.51. The van der Waals surface area contributed by atoms with Gasteiger partial charge in [-0.25, -0.2) is 4.99 Å². The molecule has 0 radical (unpaired) electrons. The summed E-state index contributed by atoms with van der Waals surface area (Å²) in [5.41, 5.74) is 0. The number of guanidine groups is 1. The number of thioether (sulfide) groups is 1. The Balaban J connectivity index is 4.26. The fourth-order valence-electron chi connectivity index (χ4n) is 1.54. The SMILES string of the molecule is CCNC(=NCC(=O)N(C)CC(F)(F)F)NCCCCSC. The molecule has 0 rings (SSSR count). The van der Waals surface area contributed by atoms with Gasteiger partial charge in [0.1, 0.15) is 13.1 Å². The van der Waals surface area contributed by atoms with E-state index in [1.54, 1.807) is 11.8 Å². The second-order valence-electron chi connectivity index (χ2n) is 4.69.